The SMILES string of the molecule is CCCCCCCCCCCCOc1cc(Cl)ccc1CC(=O)Nc1cccc(-c2scc[n+]2C)c1. The number of nitrogens with zero attached hydrogens (tertiary/aromatic N) is 1. The molecule has 0 atom stereocenters. The van der Waals surface area contributed by atoms with E-state index in [1.54, 1.807) is 11.3 Å². The molecule has 0 saturated heterocycles. The lowest BCUT2D eigenvalue weighted by atomic mass is 10.1. The number of benzene rings is 2. The van der Waals surface area contributed by atoms with Crippen molar-refractivity contribution < 1.29 is 14.1 Å². The van der Waals surface area contributed by atoms with Crippen LogP contribution in [-0.2, 0) is 18.3 Å². The fourth-order valence-electron chi connectivity index (χ4n) is 4.30. The van der Waals surface area contributed by atoms with Gasteiger partial charge in [-0.25, -0.2) is 0 Å². The van der Waals surface area contributed by atoms with Crippen LogP contribution in [0.4, 0.5) is 5.69 Å². The van der Waals surface area contributed by atoms with Crippen molar-refractivity contribution in [2.24, 2.45) is 7.05 Å². The van der Waals surface area contributed by atoms with Crippen LogP contribution in [0.25, 0.3) is 10.6 Å². The summed E-state index contributed by atoms with van der Waals surface area (Å²) in [5.74, 6) is 0.627. The van der Waals surface area contributed by atoms with Crippen LogP contribution in [0.15, 0.2) is 54.0 Å². The Labute approximate surface area is 225 Å². The number of ether oxygens (including phenoxy) is 1. The van der Waals surface area contributed by atoms with Gasteiger partial charge in [0.05, 0.1) is 24.0 Å². The molecule has 194 valence electrons. The predicted octanol–water partition coefficient (Wildman–Crippen LogP) is 8.37. The number of anilines is 1. The Hall–Kier alpha value is -2.37. The van der Waals surface area contributed by atoms with Gasteiger partial charge in [-0.2, -0.15) is 4.57 Å². The maximum atomic E-state index is 12.8. The Bertz CT molecular complexity index is 1080. The van der Waals surface area contributed by atoms with Crippen LogP contribution < -0.4 is 14.6 Å². The Kier molecular flexibility index (Phi) is 12.3. The minimum absolute atomic E-state index is 0.0752. The zero-order valence-electron chi connectivity index (χ0n) is 21.7. The first-order chi connectivity index (χ1) is 17.6. The molecule has 1 N–H and O–H groups in total. The normalized spacial score (nSPS) is 11.0. The average molecular weight is 528 g/mol. The molecule has 1 amide bonds. The van der Waals surface area contributed by atoms with Gasteiger partial charge in [0.15, 0.2) is 6.20 Å². The zero-order chi connectivity index (χ0) is 25.6. The number of amides is 1. The molecule has 0 bridgehead atoms. The van der Waals surface area contributed by atoms with Crippen LogP contribution in [0, 0.1) is 0 Å². The molecule has 0 unspecified atom stereocenters. The Balaban J connectivity index is 1.44. The van der Waals surface area contributed by atoms with E-state index in [1.165, 1.54) is 57.8 Å². The molecular weight excluding hydrogens is 488 g/mol. The summed E-state index contributed by atoms with van der Waals surface area (Å²) in [7, 11) is 2.02. The summed E-state index contributed by atoms with van der Waals surface area (Å²) in [4.78, 5) is 12.8. The maximum Gasteiger partial charge on any atom is 0.268 e. The number of unbranched alkanes of at least 4 members (excludes halogenated alkanes) is 9. The molecule has 36 heavy (non-hydrogen) atoms. The second kappa shape index (κ2) is 15.7. The Morgan fingerprint density at radius 1 is 0.972 bits per heavy atom. The van der Waals surface area contributed by atoms with Gasteiger partial charge in [0.2, 0.25) is 5.91 Å². The van der Waals surface area contributed by atoms with Gasteiger partial charge in [-0.15, -0.1) is 0 Å². The van der Waals surface area contributed by atoms with E-state index in [-0.39, 0.29) is 12.3 Å². The number of hydrogen-bond donors (Lipinski definition) is 1. The molecule has 0 saturated carbocycles. The van der Waals surface area contributed by atoms with Crippen LogP contribution in [-0.4, -0.2) is 12.5 Å². The highest BCUT2D eigenvalue weighted by atomic mass is 35.5. The number of thiazole rings is 1. The van der Waals surface area contributed by atoms with Crippen LogP contribution in [0.1, 0.15) is 76.7 Å². The van der Waals surface area contributed by atoms with Gasteiger partial charge in [-0.3, -0.25) is 4.79 Å². The van der Waals surface area contributed by atoms with Gasteiger partial charge >= 0.3 is 0 Å². The first-order valence-corrected chi connectivity index (χ1v) is 14.6. The minimum atomic E-state index is -0.0752. The lowest BCUT2D eigenvalue weighted by Crippen LogP contribution is -2.26. The molecule has 2 aromatic carbocycles. The summed E-state index contributed by atoms with van der Waals surface area (Å²) in [6.07, 6.45) is 15.1. The van der Waals surface area contributed by atoms with Gasteiger partial charge in [-0.1, -0.05) is 99.8 Å². The van der Waals surface area contributed by atoms with Gasteiger partial charge in [-0.05, 0) is 36.8 Å². The number of nitrogens with one attached hydrogen (secondary N) is 1. The topological polar surface area (TPSA) is 42.2 Å². The third kappa shape index (κ3) is 9.59. The molecule has 0 spiro atoms. The minimum Gasteiger partial charge on any atom is -0.493 e. The molecule has 3 rings (SSSR count). The van der Waals surface area contributed by atoms with Crippen molar-refractivity contribution in [3.05, 3.63) is 64.6 Å². The van der Waals surface area contributed by atoms with E-state index in [1.807, 2.05) is 49.6 Å². The van der Waals surface area contributed by atoms with Crippen molar-refractivity contribution in [3.63, 3.8) is 0 Å². The van der Waals surface area contributed by atoms with E-state index in [9.17, 15) is 4.79 Å². The predicted molar refractivity (Wildman–Crippen MR) is 152 cm³/mol. The second-order valence-corrected chi connectivity index (χ2v) is 10.7. The molecule has 0 aliphatic rings. The van der Waals surface area contributed by atoms with Gasteiger partial charge in [0.25, 0.3) is 5.01 Å². The number of carbonyl (C=O) groups excluding carboxylic acids is 1. The molecule has 0 aliphatic carbocycles. The summed E-state index contributed by atoms with van der Waals surface area (Å²) in [6, 6.07) is 13.5. The molecule has 0 fully saturated rings. The highest BCUT2D eigenvalue weighted by Gasteiger charge is 2.14. The summed E-state index contributed by atoms with van der Waals surface area (Å²) in [6.45, 7) is 2.90. The van der Waals surface area contributed by atoms with E-state index in [0.29, 0.717) is 17.4 Å². The molecule has 4 nitrogen and oxygen atoms in total. The quantitative estimate of drug-likeness (QED) is 0.150. The summed E-state index contributed by atoms with van der Waals surface area (Å²) < 4.78 is 8.14. The van der Waals surface area contributed by atoms with Gasteiger partial charge in [0.1, 0.15) is 12.8 Å². The van der Waals surface area contributed by atoms with Crippen molar-refractivity contribution in [2.75, 3.05) is 11.9 Å². The smallest absolute Gasteiger partial charge is 0.268 e. The number of aryl methyl sites for hydroxylation is 1. The van der Waals surface area contributed by atoms with Crippen molar-refractivity contribution in [1.29, 1.82) is 0 Å². The highest BCUT2D eigenvalue weighted by molar-refractivity contribution is 7.12. The van der Waals surface area contributed by atoms with Crippen LogP contribution in [0.5, 0.6) is 5.75 Å². The zero-order valence-corrected chi connectivity index (χ0v) is 23.3. The third-order valence-corrected chi connectivity index (χ3v) is 7.55. The second-order valence-electron chi connectivity index (χ2n) is 9.41. The average Bonchev–Trinajstić information content (AvgIpc) is 3.30. The molecule has 6 heteroatoms. The molecule has 3 aromatic rings. The summed E-state index contributed by atoms with van der Waals surface area (Å²) in [5.41, 5.74) is 2.72. The van der Waals surface area contributed by atoms with E-state index in [4.69, 9.17) is 16.3 Å². The molecule has 0 aliphatic heterocycles. The molecule has 1 heterocycles. The Morgan fingerprint density at radius 3 is 2.39 bits per heavy atom. The van der Waals surface area contributed by atoms with Gasteiger partial charge < -0.3 is 10.1 Å². The van der Waals surface area contributed by atoms with E-state index >= 15 is 0 Å². The lowest BCUT2D eigenvalue weighted by molar-refractivity contribution is -0.655. The third-order valence-electron chi connectivity index (χ3n) is 6.31. The fraction of sp³-hybridized carbons (Fsp3) is 0.467. The van der Waals surface area contributed by atoms with Crippen LogP contribution in [0.3, 0.4) is 0 Å². The summed E-state index contributed by atoms with van der Waals surface area (Å²) >= 11 is 7.90. The van der Waals surface area contributed by atoms with Crippen molar-refractivity contribution in [2.45, 2.75) is 77.6 Å². The number of carbonyl (C=O) groups is 1. The standard InChI is InChI=1S/C30H39ClN2O2S/c1-3-4-5-6-7-8-9-10-11-12-19-35-28-23-26(31)17-16-24(28)22-29(34)32-27-15-13-14-25(21-27)30-33(2)18-20-36-30/h13-18,20-21,23H,3-12,19,22H2,1-2H3/p+1. The van der Waals surface area contributed by atoms with E-state index in [2.05, 4.69) is 28.3 Å². The van der Waals surface area contributed by atoms with Gasteiger partial charge in [0, 0.05) is 16.3 Å². The number of aromatic nitrogens is 1. The Morgan fingerprint density at radius 2 is 1.69 bits per heavy atom. The highest BCUT2D eigenvalue weighted by Crippen LogP contribution is 2.26. The molecular formula is C30H40ClN2O2S+. The lowest BCUT2D eigenvalue weighted by Gasteiger charge is -2.13. The number of hydrogen-bond acceptors (Lipinski definition) is 3. The van der Waals surface area contributed by atoms with Crippen molar-refractivity contribution >= 4 is 34.5 Å². The number of halogens is 1. The first-order valence-electron chi connectivity index (χ1n) is 13.3. The largest absolute Gasteiger partial charge is 0.493 e. The maximum absolute atomic E-state index is 12.8. The van der Waals surface area contributed by atoms with E-state index in [0.717, 1.165) is 28.2 Å². The molecule has 0 radical (unpaired) electrons. The monoisotopic (exact) mass is 527 g/mol. The first kappa shape index (κ1) is 28.2. The van der Waals surface area contributed by atoms with Crippen molar-refractivity contribution in [1.82, 2.24) is 0 Å². The van der Waals surface area contributed by atoms with Crippen molar-refractivity contribution in [3.8, 4) is 16.3 Å². The summed E-state index contributed by atoms with van der Waals surface area (Å²) in [5, 5.41) is 6.85. The van der Waals surface area contributed by atoms with Crippen LogP contribution >= 0.6 is 22.9 Å². The number of rotatable bonds is 16. The van der Waals surface area contributed by atoms with Crippen LogP contribution in [0.2, 0.25) is 5.02 Å². The fourth-order valence-corrected chi connectivity index (χ4v) is 5.32. The van der Waals surface area contributed by atoms with E-state index < -0.39 is 0 Å². The molecule has 1 aromatic heterocycles.